The van der Waals surface area contributed by atoms with E-state index in [1.807, 2.05) is 13.0 Å². The molecule has 2 rings (SSSR count). The quantitative estimate of drug-likeness (QED) is 0.844. The molecule has 0 amide bonds. The smallest absolute Gasteiger partial charge is 0.127 e. The lowest BCUT2D eigenvalue weighted by Gasteiger charge is -2.25. The van der Waals surface area contributed by atoms with Gasteiger partial charge in [-0.15, -0.1) is 0 Å². The van der Waals surface area contributed by atoms with Gasteiger partial charge in [-0.25, -0.2) is 4.39 Å². The third-order valence-electron chi connectivity index (χ3n) is 3.64. The fraction of sp³-hybridized carbons (Fsp3) is 0.571. The van der Waals surface area contributed by atoms with E-state index in [4.69, 9.17) is 0 Å². The van der Waals surface area contributed by atoms with Gasteiger partial charge in [0.15, 0.2) is 0 Å². The van der Waals surface area contributed by atoms with E-state index in [0.29, 0.717) is 12.1 Å². The summed E-state index contributed by atoms with van der Waals surface area (Å²) >= 11 is 0. The third kappa shape index (κ3) is 3.05. The second-order valence-corrected chi connectivity index (χ2v) is 5.06. The van der Waals surface area contributed by atoms with Crippen molar-refractivity contribution in [3.63, 3.8) is 0 Å². The maximum Gasteiger partial charge on any atom is 0.127 e. The van der Waals surface area contributed by atoms with Crippen LogP contribution in [0.25, 0.3) is 0 Å². The zero-order valence-corrected chi connectivity index (χ0v) is 10.2. The van der Waals surface area contributed by atoms with Gasteiger partial charge in [-0.05, 0) is 25.8 Å². The molecule has 2 nitrogen and oxygen atoms in total. The molecule has 0 aromatic heterocycles. The lowest BCUT2D eigenvalue weighted by atomic mass is 10.0. The van der Waals surface area contributed by atoms with Crippen LogP contribution < -0.4 is 5.32 Å². The summed E-state index contributed by atoms with van der Waals surface area (Å²) in [5, 5.41) is 13.4. The van der Waals surface area contributed by atoms with Crippen LogP contribution in [0.1, 0.15) is 44.2 Å². The van der Waals surface area contributed by atoms with Crippen molar-refractivity contribution in [2.45, 2.75) is 44.2 Å². The summed E-state index contributed by atoms with van der Waals surface area (Å²) in [6, 6.07) is 6.71. The van der Waals surface area contributed by atoms with Crippen LogP contribution in [0.4, 0.5) is 4.39 Å². The lowest BCUT2D eigenvalue weighted by Crippen LogP contribution is -2.39. The molecule has 1 fully saturated rings. The molecular weight excluding hydrogens is 217 g/mol. The van der Waals surface area contributed by atoms with Crippen LogP contribution >= 0.6 is 0 Å². The molecule has 0 radical (unpaired) electrons. The Hall–Kier alpha value is -0.930. The van der Waals surface area contributed by atoms with Gasteiger partial charge in [-0.2, -0.15) is 0 Å². The minimum Gasteiger partial charge on any atom is -0.389 e. The van der Waals surface area contributed by atoms with Gasteiger partial charge in [-0.3, -0.25) is 0 Å². The second-order valence-electron chi connectivity index (χ2n) is 5.06. The van der Waals surface area contributed by atoms with Crippen molar-refractivity contribution < 1.29 is 9.50 Å². The van der Waals surface area contributed by atoms with E-state index in [-0.39, 0.29) is 11.9 Å². The fourth-order valence-corrected chi connectivity index (χ4v) is 2.49. The monoisotopic (exact) mass is 237 g/mol. The molecule has 0 unspecified atom stereocenters. The van der Waals surface area contributed by atoms with E-state index >= 15 is 0 Å². The average molecular weight is 237 g/mol. The summed E-state index contributed by atoms with van der Waals surface area (Å²) in [6.45, 7) is 2.47. The van der Waals surface area contributed by atoms with E-state index < -0.39 is 5.60 Å². The summed E-state index contributed by atoms with van der Waals surface area (Å²) < 4.78 is 13.5. The maximum atomic E-state index is 13.5. The first-order valence-electron chi connectivity index (χ1n) is 6.31. The zero-order valence-electron chi connectivity index (χ0n) is 10.2. The fourth-order valence-electron chi connectivity index (χ4n) is 2.49. The van der Waals surface area contributed by atoms with Gasteiger partial charge in [-0.1, -0.05) is 31.0 Å². The van der Waals surface area contributed by atoms with Crippen LogP contribution in [0.2, 0.25) is 0 Å². The molecule has 1 aromatic carbocycles. The van der Waals surface area contributed by atoms with Crippen molar-refractivity contribution in [1.29, 1.82) is 0 Å². The largest absolute Gasteiger partial charge is 0.389 e. The van der Waals surface area contributed by atoms with Crippen molar-refractivity contribution in [3.8, 4) is 0 Å². The number of hydrogen-bond donors (Lipinski definition) is 2. The van der Waals surface area contributed by atoms with Gasteiger partial charge >= 0.3 is 0 Å². The van der Waals surface area contributed by atoms with Gasteiger partial charge in [0.05, 0.1) is 5.60 Å². The molecule has 2 N–H and O–H groups in total. The molecule has 0 saturated heterocycles. The van der Waals surface area contributed by atoms with E-state index in [0.717, 1.165) is 25.7 Å². The van der Waals surface area contributed by atoms with Crippen molar-refractivity contribution in [1.82, 2.24) is 5.32 Å². The normalized spacial score (nSPS) is 20.4. The summed E-state index contributed by atoms with van der Waals surface area (Å²) in [5.74, 6) is -0.189. The highest BCUT2D eigenvalue weighted by Gasteiger charge is 2.31. The zero-order chi connectivity index (χ0) is 12.3. The van der Waals surface area contributed by atoms with E-state index in [9.17, 15) is 9.50 Å². The Labute approximate surface area is 102 Å². The summed E-state index contributed by atoms with van der Waals surface area (Å²) in [5.41, 5.74) is 0.0774. The molecule has 1 aliphatic rings. The topological polar surface area (TPSA) is 32.3 Å². The number of benzene rings is 1. The highest BCUT2D eigenvalue weighted by atomic mass is 19.1. The summed E-state index contributed by atoms with van der Waals surface area (Å²) in [4.78, 5) is 0. The summed E-state index contributed by atoms with van der Waals surface area (Å²) in [6.07, 6.45) is 3.88. The highest BCUT2D eigenvalue weighted by Crippen LogP contribution is 2.29. The van der Waals surface area contributed by atoms with Gasteiger partial charge in [0.1, 0.15) is 5.82 Å². The molecule has 1 aromatic rings. The number of hydrogen-bond acceptors (Lipinski definition) is 2. The molecule has 0 spiro atoms. The Bertz CT molecular complexity index is 374. The predicted octanol–water partition coefficient (Wildman–Crippen LogP) is 2.78. The Morgan fingerprint density at radius 1 is 1.35 bits per heavy atom. The van der Waals surface area contributed by atoms with Crippen molar-refractivity contribution in [2.24, 2.45) is 0 Å². The van der Waals surface area contributed by atoms with Crippen LogP contribution in [0.15, 0.2) is 24.3 Å². The molecular formula is C14H20FNO. The van der Waals surface area contributed by atoms with Crippen molar-refractivity contribution >= 4 is 0 Å². The molecule has 0 bridgehead atoms. The number of nitrogens with one attached hydrogen (secondary N) is 1. The Kier molecular flexibility index (Phi) is 3.79. The first-order chi connectivity index (χ1) is 8.11. The van der Waals surface area contributed by atoms with Crippen LogP contribution in [0.3, 0.4) is 0 Å². The molecule has 17 heavy (non-hydrogen) atoms. The van der Waals surface area contributed by atoms with Crippen LogP contribution in [0, 0.1) is 5.82 Å². The first kappa shape index (κ1) is 12.5. The third-order valence-corrected chi connectivity index (χ3v) is 3.64. The number of aliphatic hydroxyl groups is 1. The molecule has 1 atom stereocenters. The van der Waals surface area contributed by atoms with Crippen LogP contribution in [-0.2, 0) is 0 Å². The van der Waals surface area contributed by atoms with E-state index in [1.54, 1.807) is 12.1 Å². The van der Waals surface area contributed by atoms with Gasteiger partial charge in [0.25, 0.3) is 0 Å². The van der Waals surface area contributed by atoms with Crippen molar-refractivity contribution in [2.75, 3.05) is 6.54 Å². The first-order valence-corrected chi connectivity index (χ1v) is 6.31. The van der Waals surface area contributed by atoms with Gasteiger partial charge in [0, 0.05) is 18.2 Å². The minimum absolute atomic E-state index is 0.0687. The average Bonchev–Trinajstić information content (AvgIpc) is 2.74. The predicted molar refractivity (Wildman–Crippen MR) is 66.2 cm³/mol. The van der Waals surface area contributed by atoms with Crippen LogP contribution in [-0.4, -0.2) is 17.3 Å². The molecule has 1 aliphatic carbocycles. The van der Waals surface area contributed by atoms with Gasteiger partial charge in [0.2, 0.25) is 0 Å². The Balaban J connectivity index is 1.93. The second kappa shape index (κ2) is 5.15. The standard InChI is InChI=1S/C14H20FNO/c1-11(12-6-2-3-7-13(12)15)16-10-14(17)8-4-5-9-14/h2-3,6-7,11,16-17H,4-5,8-10H2,1H3/t11-/m1/s1. The molecule has 0 heterocycles. The van der Waals surface area contributed by atoms with Crippen molar-refractivity contribution in [3.05, 3.63) is 35.6 Å². The minimum atomic E-state index is -0.584. The highest BCUT2D eigenvalue weighted by molar-refractivity contribution is 5.20. The number of halogens is 1. The molecule has 94 valence electrons. The molecule has 0 aliphatic heterocycles. The Morgan fingerprint density at radius 2 is 2.00 bits per heavy atom. The molecule has 1 saturated carbocycles. The number of rotatable bonds is 4. The summed E-state index contributed by atoms with van der Waals surface area (Å²) in [7, 11) is 0. The maximum absolute atomic E-state index is 13.5. The van der Waals surface area contributed by atoms with Crippen LogP contribution in [0.5, 0.6) is 0 Å². The lowest BCUT2D eigenvalue weighted by molar-refractivity contribution is 0.0452. The van der Waals surface area contributed by atoms with E-state index in [2.05, 4.69) is 5.32 Å². The molecule has 3 heteroatoms. The van der Waals surface area contributed by atoms with E-state index in [1.165, 1.54) is 6.07 Å². The Morgan fingerprint density at radius 3 is 2.65 bits per heavy atom. The SMILES string of the molecule is C[C@@H](NCC1(O)CCCC1)c1ccccc1F. The van der Waals surface area contributed by atoms with Gasteiger partial charge < -0.3 is 10.4 Å².